The average molecular weight is 247 g/mol. The number of hydrogen-bond donors (Lipinski definition) is 1. The quantitative estimate of drug-likeness (QED) is 0.890. The Kier molecular flexibility index (Phi) is 3.37. The Labute approximate surface area is 103 Å². The van der Waals surface area contributed by atoms with Crippen LogP contribution in [0.3, 0.4) is 0 Å². The second kappa shape index (κ2) is 4.96. The van der Waals surface area contributed by atoms with Crippen molar-refractivity contribution >= 4 is 5.91 Å². The first-order valence-electron chi connectivity index (χ1n) is 5.39. The zero-order valence-corrected chi connectivity index (χ0v) is 9.49. The fourth-order valence-corrected chi connectivity index (χ4v) is 1.81. The van der Waals surface area contributed by atoms with Crippen LogP contribution in [-0.4, -0.2) is 5.91 Å². The molecule has 4 heteroatoms. The van der Waals surface area contributed by atoms with E-state index in [1.165, 1.54) is 6.07 Å². The molecule has 2 nitrogen and oxygen atoms in total. The van der Waals surface area contributed by atoms with Crippen LogP contribution < -0.4 is 5.73 Å². The number of primary amides is 1. The number of carbonyl (C=O) groups is 1. The van der Waals surface area contributed by atoms with E-state index in [2.05, 4.69) is 0 Å². The molecule has 2 N–H and O–H groups in total. The normalized spacial score (nSPS) is 10.3. The highest BCUT2D eigenvalue weighted by Gasteiger charge is 2.09. The molecule has 0 radical (unpaired) electrons. The van der Waals surface area contributed by atoms with Crippen molar-refractivity contribution in [3.05, 3.63) is 59.7 Å². The molecule has 2 aromatic carbocycles. The molecule has 0 saturated heterocycles. The van der Waals surface area contributed by atoms with E-state index >= 15 is 0 Å². The Bertz CT molecular complexity index is 596. The second-order valence-corrected chi connectivity index (χ2v) is 3.93. The first-order chi connectivity index (χ1) is 8.58. The Balaban J connectivity index is 2.49. The van der Waals surface area contributed by atoms with Gasteiger partial charge in [-0.3, -0.25) is 4.79 Å². The highest BCUT2D eigenvalue weighted by molar-refractivity contribution is 5.80. The molecular formula is C14H11F2NO. The van der Waals surface area contributed by atoms with Gasteiger partial charge in [0.1, 0.15) is 0 Å². The molecule has 0 aliphatic heterocycles. The Morgan fingerprint density at radius 3 is 2.44 bits per heavy atom. The molecule has 18 heavy (non-hydrogen) atoms. The van der Waals surface area contributed by atoms with Gasteiger partial charge in [-0.1, -0.05) is 30.3 Å². The Hall–Kier alpha value is -2.23. The highest BCUT2D eigenvalue weighted by atomic mass is 19.2. The molecule has 0 fully saturated rings. The molecule has 0 spiro atoms. The van der Waals surface area contributed by atoms with Crippen molar-refractivity contribution in [1.29, 1.82) is 0 Å². The molecule has 0 saturated carbocycles. The van der Waals surface area contributed by atoms with E-state index in [9.17, 15) is 13.6 Å². The standard InChI is InChI=1S/C14H11F2NO/c15-12-6-5-10(7-13(12)16)11-4-2-1-3-9(11)8-14(17)18/h1-7H,8H2,(H2,17,18). The van der Waals surface area contributed by atoms with Crippen LogP contribution in [0.25, 0.3) is 11.1 Å². The van der Waals surface area contributed by atoms with Gasteiger partial charge in [0.05, 0.1) is 6.42 Å². The first-order valence-corrected chi connectivity index (χ1v) is 5.39. The minimum atomic E-state index is -0.915. The molecule has 0 heterocycles. The van der Waals surface area contributed by atoms with E-state index in [1.807, 2.05) is 0 Å². The second-order valence-electron chi connectivity index (χ2n) is 3.93. The average Bonchev–Trinajstić information content (AvgIpc) is 2.33. The van der Waals surface area contributed by atoms with Crippen LogP contribution in [0.1, 0.15) is 5.56 Å². The maximum Gasteiger partial charge on any atom is 0.221 e. The van der Waals surface area contributed by atoms with Crippen molar-refractivity contribution in [1.82, 2.24) is 0 Å². The zero-order valence-electron chi connectivity index (χ0n) is 9.49. The summed E-state index contributed by atoms with van der Waals surface area (Å²) in [5.74, 6) is -2.28. The van der Waals surface area contributed by atoms with Crippen LogP contribution in [0.15, 0.2) is 42.5 Å². The van der Waals surface area contributed by atoms with Gasteiger partial charge in [-0.15, -0.1) is 0 Å². The van der Waals surface area contributed by atoms with Gasteiger partial charge in [-0.05, 0) is 28.8 Å². The van der Waals surface area contributed by atoms with Crippen molar-refractivity contribution in [3.63, 3.8) is 0 Å². The van der Waals surface area contributed by atoms with E-state index in [1.54, 1.807) is 24.3 Å². The van der Waals surface area contributed by atoms with Crippen LogP contribution in [0.5, 0.6) is 0 Å². The number of carbonyl (C=O) groups excluding carboxylic acids is 1. The highest BCUT2D eigenvalue weighted by Crippen LogP contribution is 2.25. The number of rotatable bonds is 3. The summed E-state index contributed by atoms with van der Waals surface area (Å²) in [4.78, 5) is 11.0. The largest absolute Gasteiger partial charge is 0.369 e. The fourth-order valence-electron chi connectivity index (χ4n) is 1.81. The molecule has 0 bridgehead atoms. The van der Waals surface area contributed by atoms with Crippen LogP contribution in [0.2, 0.25) is 0 Å². The third-order valence-corrected chi connectivity index (χ3v) is 2.61. The maximum atomic E-state index is 13.2. The van der Waals surface area contributed by atoms with Gasteiger partial charge < -0.3 is 5.73 Å². The van der Waals surface area contributed by atoms with Gasteiger partial charge in [-0.25, -0.2) is 8.78 Å². The molecule has 92 valence electrons. The van der Waals surface area contributed by atoms with Gasteiger partial charge in [0.25, 0.3) is 0 Å². The third-order valence-electron chi connectivity index (χ3n) is 2.61. The molecule has 0 atom stereocenters. The van der Waals surface area contributed by atoms with Crippen LogP contribution in [-0.2, 0) is 11.2 Å². The van der Waals surface area contributed by atoms with Gasteiger partial charge in [0.2, 0.25) is 5.91 Å². The van der Waals surface area contributed by atoms with E-state index in [0.29, 0.717) is 16.7 Å². The summed E-state index contributed by atoms with van der Waals surface area (Å²) in [5.41, 5.74) is 7.04. The minimum absolute atomic E-state index is 0.0647. The minimum Gasteiger partial charge on any atom is -0.369 e. The fraction of sp³-hybridized carbons (Fsp3) is 0.0714. The van der Waals surface area contributed by atoms with Crippen molar-refractivity contribution in [2.75, 3.05) is 0 Å². The van der Waals surface area contributed by atoms with E-state index < -0.39 is 17.5 Å². The lowest BCUT2D eigenvalue weighted by Crippen LogP contribution is -2.14. The van der Waals surface area contributed by atoms with E-state index in [-0.39, 0.29) is 6.42 Å². The molecule has 0 unspecified atom stereocenters. The molecule has 0 aromatic heterocycles. The van der Waals surface area contributed by atoms with Crippen molar-refractivity contribution in [3.8, 4) is 11.1 Å². The summed E-state index contributed by atoms with van der Waals surface area (Å²) in [6.45, 7) is 0. The number of hydrogen-bond acceptors (Lipinski definition) is 1. The lowest BCUT2D eigenvalue weighted by molar-refractivity contribution is -0.117. The summed E-state index contributed by atoms with van der Waals surface area (Å²) < 4.78 is 26.1. The molecule has 2 aromatic rings. The Morgan fingerprint density at radius 1 is 1.06 bits per heavy atom. The SMILES string of the molecule is NC(=O)Cc1ccccc1-c1ccc(F)c(F)c1. The number of halogens is 2. The van der Waals surface area contributed by atoms with Crippen molar-refractivity contribution in [2.45, 2.75) is 6.42 Å². The topological polar surface area (TPSA) is 43.1 Å². The van der Waals surface area contributed by atoms with Crippen molar-refractivity contribution < 1.29 is 13.6 Å². The molecular weight excluding hydrogens is 236 g/mol. The summed E-state index contributed by atoms with van der Waals surface area (Å²) >= 11 is 0. The monoisotopic (exact) mass is 247 g/mol. The van der Waals surface area contributed by atoms with Gasteiger partial charge in [-0.2, -0.15) is 0 Å². The first kappa shape index (κ1) is 12.2. The lowest BCUT2D eigenvalue weighted by atomic mass is 9.97. The maximum absolute atomic E-state index is 13.2. The van der Waals surface area contributed by atoms with Crippen LogP contribution in [0.4, 0.5) is 8.78 Å². The molecule has 2 rings (SSSR count). The predicted octanol–water partition coefficient (Wildman–Crippen LogP) is 2.66. The smallest absolute Gasteiger partial charge is 0.221 e. The summed E-state index contributed by atoms with van der Waals surface area (Å²) in [7, 11) is 0. The third kappa shape index (κ3) is 2.53. The predicted molar refractivity (Wildman–Crippen MR) is 64.7 cm³/mol. The number of amides is 1. The summed E-state index contributed by atoms with van der Waals surface area (Å²) in [6, 6.07) is 10.6. The van der Waals surface area contributed by atoms with E-state index in [4.69, 9.17) is 5.73 Å². The van der Waals surface area contributed by atoms with Crippen LogP contribution in [0, 0.1) is 11.6 Å². The zero-order chi connectivity index (χ0) is 13.1. The summed E-state index contributed by atoms with van der Waals surface area (Å²) in [6.07, 6.45) is 0.0647. The molecule has 0 aliphatic rings. The molecule has 1 amide bonds. The Morgan fingerprint density at radius 2 is 1.78 bits per heavy atom. The summed E-state index contributed by atoms with van der Waals surface area (Å²) in [5, 5.41) is 0. The van der Waals surface area contributed by atoms with E-state index in [0.717, 1.165) is 12.1 Å². The van der Waals surface area contributed by atoms with Crippen LogP contribution >= 0.6 is 0 Å². The van der Waals surface area contributed by atoms with Gasteiger partial charge in [0.15, 0.2) is 11.6 Å². The number of nitrogens with two attached hydrogens (primary N) is 1. The van der Waals surface area contributed by atoms with Gasteiger partial charge in [0, 0.05) is 0 Å². The van der Waals surface area contributed by atoms with Crippen molar-refractivity contribution in [2.24, 2.45) is 5.73 Å². The lowest BCUT2D eigenvalue weighted by Gasteiger charge is -2.08. The van der Waals surface area contributed by atoms with Gasteiger partial charge >= 0.3 is 0 Å². The number of benzene rings is 2. The molecule has 0 aliphatic carbocycles.